The molecule has 0 aromatic carbocycles. The zero-order valence-electron chi connectivity index (χ0n) is 14.1. The molecule has 1 saturated heterocycles. The van der Waals surface area contributed by atoms with Crippen LogP contribution in [0.2, 0.25) is 0 Å². The molecular formula is C13H22BN4O6P. The molecule has 0 unspecified atom stereocenters. The van der Waals surface area contributed by atoms with Gasteiger partial charge in [-0.05, 0) is 0 Å². The summed E-state index contributed by atoms with van der Waals surface area (Å²) in [5, 5.41) is 19.1. The number of nitriles is 1. The number of nitrogen functional groups attached to an aromatic ring is 1. The number of aliphatic hydroxyl groups excluding tert-OH is 1. The van der Waals surface area contributed by atoms with Crippen molar-refractivity contribution in [2.24, 2.45) is 0 Å². The van der Waals surface area contributed by atoms with Gasteiger partial charge in [-0.25, -0.2) is 0 Å². The van der Waals surface area contributed by atoms with Crippen LogP contribution in [0.5, 0.6) is 0 Å². The molecule has 1 aromatic heterocycles. The molecule has 12 heteroatoms. The fourth-order valence-corrected chi connectivity index (χ4v) is 3.97. The van der Waals surface area contributed by atoms with E-state index in [1.807, 2.05) is 6.07 Å². The summed E-state index contributed by atoms with van der Waals surface area (Å²) in [5.41, 5.74) is 4.85. The first-order valence-electron chi connectivity index (χ1n) is 7.81. The number of rotatable bonds is 4. The third-order valence-electron chi connectivity index (χ3n) is 3.50. The van der Waals surface area contributed by atoms with Crippen LogP contribution in [0.4, 0.5) is 5.82 Å². The maximum atomic E-state index is 12.0. The first-order valence-corrected chi connectivity index (χ1v) is 10.0. The summed E-state index contributed by atoms with van der Waals surface area (Å²) < 4.78 is 23.9. The van der Waals surface area contributed by atoms with Crippen molar-refractivity contribution in [1.29, 1.82) is 5.26 Å². The van der Waals surface area contributed by atoms with E-state index in [0.717, 1.165) is 4.57 Å². The van der Waals surface area contributed by atoms with Crippen LogP contribution >= 0.6 is 7.82 Å². The molecule has 2 rings (SSSR count). The van der Waals surface area contributed by atoms with E-state index in [4.69, 9.17) is 29.3 Å². The number of nitrogens with zero attached hydrogens (tertiary/aromatic N) is 3. The van der Waals surface area contributed by atoms with Gasteiger partial charge in [0, 0.05) is 0 Å². The summed E-state index contributed by atoms with van der Waals surface area (Å²) in [5.74, 6) is 0.0808. The van der Waals surface area contributed by atoms with Gasteiger partial charge in [0.15, 0.2) is 0 Å². The second kappa shape index (κ2) is 8.71. The molecule has 3 atom stereocenters. The molecule has 3 N–H and O–H groups in total. The Bertz CT molecular complexity index is 685. The molecule has 1 aromatic rings. The van der Waals surface area contributed by atoms with Crippen molar-refractivity contribution < 1.29 is 23.4 Å². The van der Waals surface area contributed by atoms with E-state index in [2.05, 4.69) is 4.98 Å². The van der Waals surface area contributed by atoms with Gasteiger partial charge in [0.1, 0.15) is 0 Å². The number of hydrogen-bond donors (Lipinski definition) is 2. The summed E-state index contributed by atoms with van der Waals surface area (Å²) in [6, 6.07) is 3.42. The molecule has 0 radical (unpaired) electrons. The summed E-state index contributed by atoms with van der Waals surface area (Å²) in [4.78, 5) is 15.7. The van der Waals surface area contributed by atoms with Crippen molar-refractivity contribution in [3.63, 3.8) is 0 Å². The Balaban J connectivity index is 2.18. The third-order valence-corrected chi connectivity index (χ3v) is 5.61. The van der Waals surface area contributed by atoms with Crippen LogP contribution in [0.1, 0.15) is 19.6 Å². The summed E-state index contributed by atoms with van der Waals surface area (Å²) >= 11 is 0. The average Bonchev–Trinajstić information content (AvgIpc) is 2.61. The maximum absolute atomic E-state index is 12.0. The van der Waals surface area contributed by atoms with Crippen LogP contribution in [-0.2, 0) is 18.3 Å². The van der Waals surface area contributed by atoms with Crippen LogP contribution in [0.25, 0.3) is 0 Å². The SMILES string of the molecule is B[PH]1(OCCC#N)OC[C@H](C)O[C@@H](n2ccc(N)nc2=O)[C@@H](O)CO1. The monoisotopic (exact) mass is 372 g/mol. The van der Waals surface area contributed by atoms with Crippen molar-refractivity contribution in [3.05, 3.63) is 22.7 Å². The fourth-order valence-electron chi connectivity index (χ4n) is 2.23. The quantitative estimate of drug-likeness (QED) is 0.391. The minimum absolute atomic E-state index is 0.0808. The number of anilines is 1. The number of ether oxygens (including phenoxy) is 1. The third kappa shape index (κ3) is 5.47. The van der Waals surface area contributed by atoms with E-state index in [9.17, 15) is 9.90 Å². The predicted molar refractivity (Wildman–Crippen MR) is 93.4 cm³/mol. The summed E-state index contributed by atoms with van der Waals surface area (Å²) in [6.07, 6.45) is -0.992. The Morgan fingerprint density at radius 1 is 1.60 bits per heavy atom. The second-order valence-electron chi connectivity index (χ2n) is 5.69. The molecule has 0 bridgehead atoms. The Hall–Kier alpha value is -1.54. The minimum atomic E-state index is -3.04. The predicted octanol–water partition coefficient (Wildman–Crippen LogP) is -0.890. The van der Waals surface area contributed by atoms with Crippen molar-refractivity contribution in [1.82, 2.24) is 9.55 Å². The first kappa shape index (κ1) is 19.8. The Morgan fingerprint density at radius 3 is 3.00 bits per heavy atom. The molecule has 0 amide bonds. The van der Waals surface area contributed by atoms with Gasteiger partial charge in [0.05, 0.1) is 0 Å². The molecule has 0 spiro atoms. The number of nitrogens with two attached hydrogens (primary N) is 1. The fraction of sp³-hybridized carbons (Fsp3) is 0.615. The van der Waals surface area contributed by atoms with Crippen molar-refractivity contribution in [3.8, 4) is 6.07 Å². The van der Waals surface area contributed by atoms with Crippen LogP contribution in [0.15, 0.2) is 17.1 Å². The van der Waals surface area contributed by atoms with Crippen LogP contribution in [0, 0.1) is 11.3 Å². The van der Waals surface area contributed by atoms with Crippen LogP contribution in [0.3, 0.4) is 0 Å². The molecule has 0 saturated carbocycles. The molecular weight excluding hydrogens is 350 g/mol. The van der Waals surface area contributed by atoms with Gasteiger partial charge in [-0.2, -0.15) is 0 Å². The normalized spacial score (nSPS) is 28.1. The van der Waals surface area contributed by atoms with Gasteiger partial charge in [0.2, 0.25) is 0 Å². The topological polar surface area (TPSA) is 142 Å². The Kier molecular flexibility index (Phi) is 6.90. The second-order valence-corrected chi connectivity index (χ2v) is 8.28. The summed E-state index contributed by atoms with van der Waals surface area (Å²) in [7, 11) is -1.36. The summed E-state index contributed by atoms with van der Waals surface area (Å²) in [6.45, 7) is 1.90. The van der Waals surface area contributed by atoms with Gasteiger partial charge in [-0.1, -0.05) is 0 Å². The van der Waals surface area contributed by atoms with E-state index >= 15 is 0 Å². The molecule has 2 heterocycles. The molecule has 0 aliphatic carbocycles. The van der Waals surface area contributed by atoms with Gasteiger partial charge >= 0.3 is 146 Å². The van der Waals surface area contributed by atoms with Crippen LogP contribution < -0.4 is 11.4 Å². The van der Waals surface area contributed by atoms with Crippen molar-refractivity contribution in [2.75, 3.05) is 25.6 Å². The van der Waals surface area contributed by atoms with Crippen molar-refractivity contribution >= 4 is 21.2 Å². The van der Waals surface area contributed by atoms with E-state index in [1.165, 1.54) is 12.3 Å². The molecule has 1 aliphatic rings. The number of aliphatic hydroxyl groups is 1. The van der Waals surface area contributed by atoms with Gasteiger partial charge in [0.25, 0.3) is 0 Å². The molecule has 138 valence electrons. The number of hydrogen-bond acceptors (Lipinski definition) is 9. The van der Waals surface area contributed by atoms with Crippen molar-refractivity contribution in [2.45, 2.75) is 31.8 Å². The Labute approximate surface area is 146 Å². The van der Waals surface area contributed by atoms with E-state index < -0.39 is 31.9 Å². The molecule has 25 heavy (non-hydrogen) atoms. The van der Waals surface area contributed by atoms with E-state index in [1.54, 1.807) is 14.5 Å². The molecule has 1 fully saturated rings. The van der Waals surface area contributed by atoms with Gasteiger partial charge in [-0.3, -0.25) is 0 Å². The van der Waals surface area contributed by atoms with Gasteiger partial charge in [-0.15, -0.1) is 0 Å². The average molecular weight is 372 g/mol. The molecule has 10 nitrogen and oxygen atoms in total. The van der Waals surface area contributed by atoms with E-state index in [-0.39, 0.29) is 32.1 Å². The van der Waals surface area contributed by atoms with Gasteiger partial charge < -0.3 is 0 Å². The standard InChI is InChI=1S/C13H22BN4O6P/c1-9-7-22-25(14,21-6-2-4-15)23-8-10(19)12(24-9)18-5-3-11(16)17-13(18)20/h3,5,9-10,12,19,25H,2,6-8,14H2,1H3,(H2,16,17,20)/t9-,10-,12+/m0/s1. The molecule has 1 aliphatic heterocycles. The van der Waals surface area contributed by atoms with Crippen LogP contribution in [-0.4, -0.2) is 54.3 Å². The first-order chi connectivity index (χ1) is 11.8. The zero-order valence-corrected chi connectivity index (χ0v) is 15.1. The Morgan fingerprint density at radius 2 is 2.32 bits per heavy atom. The zero-order chi connectivity index (χ0) is 18.4. The number of aromatic nitrogens is 2. The van der Waals surface area contributed by atoms with E-state index in [0.29, 0.717) is 0 Å².